The summed E-state index contributed by atoms with van der Waals surface area (Å²) in [4.78, 5) is 66.2. The van der Waals surface area contributed by atoms with E-state index < -0.39 is 40.7 Å². The molecule has 0 saturated carbocycles. The fourth-order valence-corrected chi connectivity index (χ4v) is 7.65. The van der Waals surface area contributed by atoms with Crippen LogP contribution in [0.1, 0.15) is 35.6 Å². The number of piperidine rings is 1. The summed E-state index contributed by atoms with van der Waals surface area (Å²) in [6, 6.07) is 4.30. The molecule has 3 unspecified atom stereocenters. The summed E-state index contributed by atoms with van der Waals surface area (Å²) in [5.74, 6) is -3.89. The molecule has 9 nitrogen and oxygen atoms in total. The van der Waals surface area contributed by atoms with Gasteiger partial charge in [0.25, 0.3) is 5.91 Å². The first-order valence-electron chi connectivity index (χ1n) is 10.9. The van der Waals surface area contributed by atoms with E-state index in [9.17, 15) is 28.4 Å². The maximum Gasteiger partial charge on any atom is 0.328 e. The zero-order valence-corrected chi connectivity index (χ0v) is 19.6. The van der Waals surface area contributed by atoms with Gasteiger partial charge < -0.3 is 10.6 Å². The second kappa shape index (κ2) is 8.66. The lowest BCUT2D eigenvalue weighted by Crippen LogP contribution is -2.41. The van der Waals surface area contributed by atoms with Crippen molar-refractivity contribution in [1.82, 2.24) is 14.4 Å². The smallest absolute Gasteiger partial charge is 0.328 e. The minimum atomic E-state index is -1.16. The van der Waals surface area contributed by atoms with Gasteiger partial charge >= 0.3 is 10.9 Å². The molecule has 2 aromatic rings. The van der Waals surface area contributed by atoms with Crippen molar-refractivity contribution in [3.63, 3.8) is 0 Å². The Morgan fingerprint density at radius 3 is 2.35 bits per heavy atom. The highest BCUT2D eigenvalue weighted by Crippen LogP contribution is 2.53. The largest absolute Gasteiger partial charge is 0.351 e. The molecule has 4 heterocycles. The molecular weight excluding hydrogens is 483 g/mol. The zero-order valence-electron chi connectivity index (χ0n) is 17.9. The Labute approximate surface area is 201 Å². The van der Waals surface area contributed by atoms with Crippen molar-refractivity contribution in [2.24, 2.45) is 11.7 Å². The van der Waals surface area contributed by atoms with E-state index in [1.807, 2.05) is 0 Å². The number of nitrogens with zero attached hydrogens (tertiary/aromatic N) is 3. The number of hydrogen-bond donors (Lipinski definition) is 1. The third kappa shape index (κ3) is 3.65. The molecule has 1 aromatic heterocycles. The molecule has 3 atom stereocenters. The number of carbonyl (C=O) groups is 4. The number of benzene rings is 1. The number of halogens is 1. The lowest BCUT2D eigenvalue weighted by atomic mass is 9.83. The number of urea groups is 1. The number of rotatable bonds is 3. The Morgan fingerprint density at radius 2 is 1.71 bits per heavy atom. The summed E-state index contributed by atoms with van der Waals surface area (Å²) in [5.41, 5.74) is 5.83. The Bertz CT molecular complexity index is 1250. The number of thioether (sulfide) groups is 1. The van der Waals surface area contributed by atoms with Gasteiger partial charge in [-0.2, -0.15) is 4.90 Å². The molecule has 1 aromatic carbocycles. The number of carbonyl (C=O) groups excluding carboxylic acids is 4. The van der Waals surface area contributed by atoms with E-state index in [0.29, 0.717) is 33.5 Å². The number of thiazole rings is 1. The fourth-order valence-electron chi connectivity index (χ4n) is 4.88. The van der Waals surface area contributed by atoms with Gasteiger partial charge in [0.1, 0.15) is 17.6 Å². The molecule has 3 aliphatic rings. The summed E-state index contributed by atoms with van der Waals surface area (Å²) in [6.45, 7) is 1.10. The van der Waals surface area contributed by atoms with Gasteiger partial charge in [0.15, 0.2) is 0 Å². The van der Waals surface area contributed by atoms with Crippen molar-refractivity contribution >= 4 is 46.9 Å². The number of primary amides is 1. The van der Waals surface area contributed by atoms with Crippen LogP contribution in [0.5, 0.6) is 0 Å². The molecule has 0 spiro atoms. The Balaban J connectivity index is 1.59. The molecule has 178 valence electrons. The molecule has 2 saturated heterocycles. The van der Waals surface area contributed by atoms with Gasteiger partial charge in [-0.05, 0) is 37.0 Å². The first-order chi connectivity index (χ1) is 16.3. The van der Waals surface area contributed by atoms with Gasteiger partial charge in [-0.25, -0.2) is 9.18 Å². The van der Waals surface area contributed by atoms with Crippen LogP contribution in [0.3, 0.4) is 0 Å². The van der Waals surface area contributed by atoms with Crippen molar-refractivity contribution < 1.29 is 23.6 Å². The monoisotopic (exact) mass is 504 g/mol. The predicted octanol–water partition coefficient (Wildman–Crippen LogP) is 1.73. The third-order valence-electron chi connectivity index (χ3n) is 6.50. The fraction of sp³-hybridized carbons (Fsp3) is 0.409. The van der Waals surface area contributed by atoms with Crippen molar-refractivity contribution in [2.45, 2.75) is 42.0 Å². The highest BCUT2D eigenvalue weighted by atomic mass is 32.2. The van der Waals surface area contributed by atoms with E-state index >= 15 is 0 Å². The van der Waals surface area contributed by atoms with Crippen LogP contribution in [0.25, 0.3) is 0 Å². The second-order valence-electron chi connectivity index (χ2n) is 8.51. The number of hydrogen-bond acceptors (Lipinski definition) is 7. The van der Waals surface area contributed by atoms with Crippen LogP contribution in [0, 0.1) is 11.7 Å². The maximum atomic E-state index is 13.6. The van der Waals surface area contributed by atoms with E-state index in [4.69, 9.17) is 5.73 Å². The van der Waals surface area contributed by atoms with Crippen molar-refractivity contribution in [3.8, 4) is 0 Å². The second-order valence-corrected chi connectivity index (χ2v) is 10.6. The van der Waals surface area contributed by atoms with E-state index in [-0.39, 0.29) is 17.3 Å². The van der Waals surface area contributed by atoms with Crippen LogP contribution < -0.4 is 10.6 Å². The highest BCUT2D eigenvalue weighted by Gasteiger charge is 2.57. The molecule has 2 N–H and O–H groups in total. The number of amides is 5. The number of aromatic nitrogens is 1. The number of likely N-dealkylation sites (tertiary alicyclic amines) is 2. The van der Waals surface area contributed by atoms with Crippen LogP contribution in [0.15, 0.2) is 34.1 Å². The molecule has 3 aliphatic heterocycles. The van der Waals surface area contributed by atoms with Crippen molar-refractivity contribution in [2.75, 3.05) is 13.1 Å². The Morgan fingerprint density at radius 1 is 1.03 bits per heavy atom. The van der Waals surface area contributed by atoms with Crippen LogP contribution in [0.2, 0.25) is 0 Å². The summed E-state index contributed by atoms with van der Waals surface area (Å²) in [5, 5.41) is -0.573. The summed E-state index contributed by atoms with van der Waals surface area (Å²) >= 11 is 1.91. The van der Waals surface area contributed by atoms with Crippen LogP contribution in [-0.4, -0.2) is 56.5 Å². The first kappa shape index (κ1) is 22.8. The van der Waals surface area contributed by atoms with Crippen LogP contribution in [-0.2, 0) is 20.9 Å². The van der Waals surface area contributed by atoms with E-state index in [1.165, 1.54) is 28.8 Å². The van der Waals surface area contributed by atoms with Gasteiger partial charge in [0.2, 0.25) is 11.8 Å². The summed E-state index contributed by atoms with van der Waals surface area (Å²) in [7, 11) is 0. The normalized spacial score (nSPS) is 24.2. The molecule has 5 amide bonds. The number of fused-ring (bicyclic) bond motifs is 2. The molecule has 0 bridgehead atoms. The zero-order chi connectivity index (χ0) is 24.1. The molecule has 5 rings (SSSR count). The Hall–Kier alpha value is -2.99. The first-order valence-corrected chi connectivity index (χ1v) is 12.6. The van der Waals surface area contributed by atoms with Gasteiger partial charge in [0.05, 0.1) is 10.9 Å². The van der Waals surface area contributed by atoms with Crippen molar-refractivity contribution in [3.05, 3.63) is 50.2 Å². The SMILES string of the molecule is NC(=O)N1C(=O)C2Sc3c(sc(=O)n3CC(=O)N3CCCCC3)C(c3ccc(F)cc3)C2C1=O. The average Bonchev–Trinajstić information content (AvgIpc) is 3.26. The lowest BCUT2D eigenvalue weighted by molar-refractivity contribution is -0.136. The quantitative estimate of drug-likeness (QED) is 0.635. The van der Waals surface area contributed by atoms with E-state index in [2.05, 4.69) is 0 Å². The van der Waals surface area contributed by atoms with Crippen LogP contribution in [0.4, 0.5) is 9.18 Å². The van der Waals surface area contributed by atoms with Gasteiger partial charge in [-0.1, -0.05) is 35.2 Å². The summed E-state index contributed by atoms with van der Waals surface area (Å²) in [6.07, 6.45) is 2.88. The molecule has 0 radical (unpaired) electrons. The van der Waals surface area contributed by atoms with Crippen LogP contribution >= 0.6 is 23.1 Å². The maximum absolute atomic E-state index is 13.6. The molecular formula is C22H21FN4O5S2. The lowest BCUT2D eigenvalue weighted by Gasteiger charge is -2.31. The molecule has 34 heavy (non-hydrogen) atoms. The highest BCUT2D eigenvalue weighted by molar-refractivity contribution is 8.00. The predicted molar refractivity (Wildman–Crippen MR) is 122 cm³/mol. The molecule has 0 aliphatic carbocycles. The van der Waals surface area contributed by atoms with Gasteiger partial charge in [0, 0.05) is 23.9 Å². The van der Waals surface area contributed by atoms with Gasteiger partial charge in [-0.15, -0.1) is 0 Å². The molecule has 2 fully saturated rings. The third-order valence-corrected chi connectivity index (χ3v) is 9.10. The minimum Gasteiger partial charge on any atom is -0.351 e. The molecule has 12 heteroatoms. The van der Waals surface area contributed by atoms with E-state index in [1.54, 1.807) is 4.90 Å². The summed E-state index contributed by atoms with van der Waals surface area (Å²) < 4.78 is 15.0. The van der Waals surface area contributed by atoms with Crippen molar-refractivity contribution in [1.29, 1.82) is 0 Å². The van der Waals surface area contributed by atoms with Gasteiger partial charge in [-0.3, -0.25) is 23.7 Å². The Kier molecular flexibility index (Phi) is 5.80. The average molecular weight is 505 g/mol. The topological polar surface area (TPSA) is 123 Å². The standard InChI is InChI=1S/C22H21FN4O5S2/c23-12-6-4-11(5-7-12)14-15-16(19(30)27(18(15)29)21(24)31)33-20-17(14)34-22(32)26(20)10-13(28)25-8-2-1-3-9-25/h4-7,14-16H,1-3,8-10H2,(H2,24,31). The number of imide groups is 3. The number of nitrogens with two attached hydrogens (primary N) is 1. The minimum absolute atomic E-state index is 0.174. The van der Waals surface area contributed by atoms with E-state index in [0.717, 1.165) is 42.4 Å².